The van der Waals surface area contributed by atoms with Crippen LogP contribution in [0.2, 0.25) is 0 Å². The summed E-state index contributed by atoms with van der Waals surface area (Å²) in [5, 5.41) is 7.02. The highest BCUT2D eigenvalue weighted by molar-refractivity contribution is 7.08. The number of hydrogen-bond donors (Lipinski definition) is 1. The molecule has 4 rings (SSSR count). The molecule has 3 amide bonds. The van der Waals surface area contributed by atoms with Gasteiger partial charge in [0.05, 0.1) is 0 Å². The van der Waals surface area contributed by atoms with Gasteiger partial charge in [-0.05, 0) is 47.0 Å². The largest absolute Gasteiger partial charge is 0.340 e. The number of piperazine rings is 1. The fourth-order valence-electron chi connectivity index (χ4n) is 4.14. The summed E-state index contributed by atoms with van der Waals surface area (Å²) in [7, 11) is 0. The van der Waals surface area contributed by atoms with E-state index in [1.54, 1.807) is 23.2 Å². The van der Waals surface area contributed by atoms with Crippen LogP contribution >= 0.6 is 11.3 Å². The molecule has 1 aromatic carbocycles. The zero-order chi connectivity index (χ0) is 21.1. The van der Waals surface area contributed by atoms with E-state index in [-0.39, 0.29) is 17.7 Å². The Kier molecular flexibility index (Phi) is 6.15. The lowest BCUT2D eigenvalue weighted by Gasteiger charge is -2.38. The number of carbonyl (C=O) groups excluding carboxylic acids is 3. The van der Waals surface area contributed by atoms with Crippen molar-refractivity contribution in [3.05, 3.63) is 46.7 Å². The number of amides is 3. The molecule has 0 saturated carbocycles. The predicted octanol–water partition coefficient (Wildman–Crippen LogP) is 2.72. The van der Waals surface area contributed by atoms with Gasteiger partial charge in [-0.2, -0.15) is 11.3 Å². The predicted molar refractivity (Wildman–Crippen MR) is 118 cm³/mol. The Bertz CT molecular complexity index is 922. The quantitative estimate of drug-likeness (QED) is 0.798. The number of thiophene rings is 1. The number of hydrogen-bond acceptors (Lipinski definition) is 5. The standard InChI is InChI=1S/C22H26N4O3S/c1-16(27)24-9-11-25(12-10-24)21(17-7-13-30-15-17)22(29)23-18-4-2-5-19(14-18)26-8-3-6-20(26)28/h2,4-5,7,13-15,21H,3,6,8-12H2,1H3,(H,23,29). The third-order valence-electron chi connectivity index (χ3n) is 5.73. The van der Waals surface area contributed by atoms with Crippen LogP contribution in [0, 0.1) is 0 Å². The van der Waals surface area contributed by atoms with Gasteiger partial charge in [0.2, 0.25) is 17.7 Å². The molecule has 0 aliphatic carbocycles. The second-order valence-electron chi connectivity index (χ2n) is 7.69. The van der Waals surface area contributed by atoms with Gasteiger partial charge in [-0.25, -0.2) is 0 Å². The molecule has 1 unspecified atom stereocenters. The molecule has 8 heteroatoms. The maximum atomic E-state index is 13.3. The lowest BCUT2D eigenvalue weighted by Crippen LogP contribution is -2.51. The summed E-state index contributed by atoms with van der Waals surface area (Å²) in [5.41, 5.74) is 2.46. The molecule has 0 radical (unpaired) electrons. The number of rotatable bonds is 5. The van der Waals surface area contributed by atoms with E-state index < -0.39 is 6.04 Å². The molecule has 2 aromatic rings. The van der Waals surface area contributed by atoms with Crippen LogP contribution in [-0.4, -0.2) is 60.2 Å². The Hall–Kier alpha value is -2.71. The molecule has 7 nitrogen and oxygen atoms in total. The maximum Gasteiger partial charge on any atom is 0.246 e. The summed E-state index contributed by atoms with van der Waals surface area (Å²) in [4.78, 5) is 42.7. The molecule has 2 aliphatic heterocycles. The van der Waals surface area contributed by atoms with E-state index in [4.69, 9.17) is 0 Å². The van der Waals surface area contributed by atoms with Crippen LogP contribution in [-0.2, 0) is 14.4 Å². The molecule has 1 N–H and O–H groups in total. The molecule has 158 valence electrons. The minimum atomic E-state index is -0.414. The highest BCUT2D eigenvalue weighted by Crippen LogP contribution is 2.28. The second-order valence-corrected chi connectivity index (χ2v) is 8.47. The Labute approximate surface area is 180 Å². The number of benzene rings is 1. The van der Waals surface area contributed by atoms with Crippen LogP contribution in [0.3, 0.4) is 0 Å². The van der Waals surface area contributed by atoms with Gasteiger partial charge in [0.15, 0.2) is 0 Å². The summed E-state index contributed by atoms with van der Waals surface area (Å²) in [5.74, 6) is 0.0898. The molecule has 1 aromatic heterocycles. The van der Waals surface area contributed by atoms with Crippen LogP contribution in [0.5, 0.6) is 0 Å². The first-order valence-electron chi connectivity index (χ1n) is 10.3. The van der Waals surface area contributed by atoms with Gasteiger partial charge in [-0.3, -0.25) is 19.3 Å². The third kappa shape index (κ3) is 4.39. The molecule has 2 fully saturated rings. The molecular weight excluding hydrogens is 400 g/mol. The Balaban J connectivity index is 1.50. The minimum Gasteiger partial charge on any atom is -0.340 e. The van der Waals surface area contributed by atoms with Crippen molar-refractivity contribution in [1.29, 1.82) is 0 Å². The fourth-order valence-corrected chi connectivity index (χ4v) is 4.82. The first-order chi connectivity index (χ1) is 14.5. The lowest BCUT2D eigenvalue weighted by molar-refractivity contribution is -0.131. The van der Waals surface area contributed by atoms with Gasteiger partial charge in [0.1, 0.15) is 6.04 Å². The van der Waals surface area contributed by atoms with E-state index in [0.717, 1.165) is 17.7 Å². The Morgan fingerprint density at radius 2 is 1.90 bits per heavy atom. The average molecular weight is 427 g/mol. The van der Waals surface area contributed by atoms with Crippen molar-refractivity contribution in [3.63, 3.8) is 0 Å². The monoisotopic (exact) mass is 426 g/mol. The second kappa shape index (κ2) is 8.97. The maximum absolute atomic E-state index is 13.3. The minimum absolute atomic E-state index is 0.0689. The van der Waals surface area contributed by atoms with Crippen molar-refractivity contribution < 1.29 is 14.4 Å². The van der Waals surface area contributed by atoms with Gasteiger partial charge in [-0.15, -0.1) is 0 Å². The third-order valence-corrected chi connectivity index (χ3v) is 6.43. The van der Waals surface area contributed by atoms with E-state index in [2.05, 4.69) is 10.2 Å². The van der Waals surface area contributed by atoms with Crippen LogP contribution in [0.25, 0.3) is 0 Å². The van der Waals surface area contributed by atoms with E-state index in [0.29, 0.717) is 44.8 Å². The van der Waals surface area contributed by atoms with E-state index >= 15 is 0 Å². The molecule has 3 heterocycles. The zero-order valence-corrected chi connectivity index (χ0v) is 17.9. The Morgan fingerprint density at radius 3 is 2.53 bits per heavy atom. The SMILES string of the molecule is CC(=O)N1CCN(C(C(=O)Nc2cccc(N3CCCC3=O)c2)c2ccsc2)CC1. The highest BCUT2D eigenvalue weighted by atomic mass is 32.1. The van der Waals surface area contributed by atoms with Crippen molar-refractivity contribution in [1.82, 2.24) is 9.80 Å². The summed E-state index contributed by atoms with van der Waals surface area (Å²) < 4.78 is 0. The van der Waals surface area contributed by atoms with Crippen LogP contribution in [0.15, 0.2) is 41.1 Å². The first-order valence-corrected chi connectivity index (χ1v) is 11.2. The zero-order valence-electron chi connectivity index (χ0n) is 17.0. The van der Waals surface area contributed by atoms with E-state index in [1.165, 1.54) is 0 Å². The molecular formula is C22H26N4O3S. The van der Waals surface area contributed by atoms with Gasteiger partial charge >= 0.3 is 0 Å². The van der Waals surface area contributed by atoms with Crippen molar-refractivity contribution in [2.75, 3.05) is 42.9 Å². The molecule has 30 heavy (non-hydrogen) atoms. The summed E-state index contributed by atoms with van der Waals surface area (Å²) in [6, 6.07) is 9.03. The summed E-state index contributed by atoms with van der Waals surface area (Å²) in [6.07, 6.45) is 1.44. The average Bonchev–Trinajstić information content (AvgIpc) is 3.41. The highest BCUT2D eigenvalue weighted by Gasteiger charge is 2.31. The van der Waals surface area contributed by atoms with Crippen molar-refractivity contribution >= 4 is 40.4 Å². The topological polar surface area (TPSA) is 73.0 Å². The van der Waals surface area contributed by atoms with Crippen LogP contribution in [0.1, 0.15) is 31.4 Å². The number of nitrogens with one attached hydrogen (secondary N) is 1. The van der Waals surface area contributed by atoms with Gasteiger partial charge in [0.25, 0.3) is 0 Å². The number of carbonyl (C=O) groups is 3. The van der Waals surface area contributed by atoms with Gasteiger partial charge < -0.3 is 15.1 Å². The smallest absolute Gasteiger partial charge is 0.246 e. The molecule has 1 atom stereocenters. The normalized spacial score (nSPS) is 18.5. The number of anilines is 2. The van der Waals surface area contributed by atoms with Gasteiger partial charge in [-0.1, -0.05) is 6.07 Å². The van der Waals surface area contributed by atoms with Crippen molar-refractivity contribution in [2.24, 2.45) is 0 Å². The molecule has 0 bridgehead atoms. The van der Waals surface area contributed by atoms with Crippen LogP contribution in [0.4, 0.5) is 11.4 Å². The first kappa shape index (κ1) is 20.6. The Morgan fingerprint density at radius 1 is 1.10 bits per heavy atom. The molecule has 0 spiro atoms. The molecule has 2 saturated heterocycles. The van der Waals surface area contributed by atoms with E-state index in [9.17, 15) is 14.4 Å². The lowest BCUT2D eigenvalue weighted by atomic mass is 10.1. The molecule has 2 aliphatic rings. The number of nitrogens with zero attached hydrogens (tertiary/aromatic N) is 3. The van der Waals surface area contributed by atoms with Crippen LogP contribution < -0.4 is 10.2 Å². The van der Waals surface area contributed by atoms with Crippen molar-refractivity contribution in [3.8, 4) is 0 Å². The van der Waals surface area contributed by atoms with Crippen molar-refractivity contribution in [2.45, 2.75) is 25.8 Å². The summed E-state index contributed by atoms with van der Waals surface area (Å²) >= 11 is 1.57. The van der Waals surface area contributed by atoms with Gasteiger partial charge in [0, 0.05) is 57.4 Å². The van der Waals surface area contributed by atoms with E-state index in [1.807, 2.05) is 46.0 Å². The fraction of sp³-hybridized carbons (Fsp3) is 0.409. The summed E-state index contributed by atoms with van der Waals surface area (Å²) in [6.45, 7) is 4.84.